The van der Waals surface area contributed by atoms with Crippen LogP contribution in [0.25, 0.3) is 0 Å². The lowest BCUT2D eigenvalue weighted by Crippen LogP contribution is -2.22. The van der Waals surface area contributed by atoms with E-state index in [-0.39, 0.29) is 6.04 Å². The molecule has 1 unspecified atom stereocenters. The SMILES string of the molecule is Cc1cnc(C(C)N[C@@H]2C[C@H]2C)o1. The minimum atomic E-state index is 0.239. The van der Waals surface area contributed by atoms with Crippen molar-refractivity contribution in [3.63, 3.8) is 0 Å². The monoisotopic (exact) mass is 180 g/mol. The second kappa shape index (κ2) is 3.14. The summed E-state index contributed by atoms with van der Waals surface area (Å²) in [5, 5.41) is 3.48. The van der Waals surface area contributed by atoms with E-state index >= 15 is 0 Å². The molecule has 0 aliphatic heterocycles. The number of hydrogen-bond donors (Lipinski definition) is 1. The smallest absolute Gasteiger partial charge is 0.211 e. The van der Waals surface area contributed by atoms with Gasteiger partial charge in [0.05, 0.1) is 12.2 Å². The Balaban J connectivity index is 1.93. The third kappa shape index (κ3) is 1.91. The van der Waals surface area contributed by atoms with Gasteiger partial charge in [0.2, 0.25) is 5.89 Å². The van der Waals surface area contributed by atoms with Crippen molar-refractivity contribution in [2.24, 2.45) is 5.92 Å². The van der Waals surface area contributed by atoms with Crippen LogP contribution >= 0.6 is 0 Å². The Morgan fingerprint density at radius 2 is 2.38 bits per heavy atom. The van der Waals surface area contributed by atoms with E-state index in [1.807, 2.05) is 6.92 Å². The molecule has 1 fully saturated rings. The Morgan fingerprint density at radius 1 is 1.69 bits per heavy atom. The van der Waals surface area contributed by atoms with E-state index in [1.54, 1.807) is 6.20 Å². The summed E-state index contributed by atoms with van der Waals surface area (Å²) in [6, 6.07) is 0.908. The van der Waals surface area contributed by atoms with E-state index in [0.29, 0.717) is 6.04 Å². The zero-order chi connectivity index (χ0) is 9.42. The molecule has 1 aromatic heterocycles. The third-order valence-electron chi connectivity index (χ3n) is 2.58. The molecule has 2 rings (SSSR count). The molecule has 0 amide bonds. The molecule has 0 aromatic carbocycles. The summed E-state index contributed by atoms with van der Waals surface area (Å²) in [4.78, 5) is 4.19. The number of aromatic nitrogens is 1. The van der Waals surface area contributed by atoms with Gasteiger partial charge in [-0.15, -0.1) is 0 Å². The van der Waals surface area contributed by atoms with Crippen LogP contribution in [0, 0.1) is 12.8 Å². The lowest BCUT2D eigenvalue weighted by atomic mass is 10.3. The molecule has 0 bridgehead atoms. The van der Waals surface area contributed by atoms with Gasteiger partial charge in [-0.2, -0.15) is 0 Å². The van der Waals surface area contributed by atoms with Crippen LogP contribution < -0.4 is 5.32 Å². The van der Waals surface area contributed by atoms with Crippen molar-refractivity contribution in [1.29, 1.82) is 0 Å². The largest absolute Gasteiger partial charge is 0.444 e. The Hall–Kier alpha value is -0.830. The van der Waals surface area contributed by atoms with E-state index < -0.39 is 0 Å². The topological polar surface area (TPSA) is 38.1 Å². The summed E-state index contributed by atoms with van der Waals surface area (Å²) in [6.45, 7) is 6.27. The van der Waals surface area contributed by atoms with Gasteiger partial charge >= 0.3 is 0 Å². The van der Waals surface area contributed by atoms with Gasteiger partial charge in [0, 0.05) is 6.04 Å². The summed E-state index contributed by atoms with van der Waals surface area (Å²) in [5.74, 6) is 2.50. The van der Waals surface area contributed by atoms with Crippen LogP contribution in [0.1, 0.15) is 38.0 Å². The Bertz CT molecular complexity index is 295. The number of rotatable bonds is 3. The van der Waals surface area contributed by atoms with E-state index in [2.05, 4.69) is 24.1 Å². The molecular weight excluding hydrogens is 164 g/mol. The molecule has 0 spiro atoms. The molecule has 1 aliphatic rings. The van der Waals surface area contributed by atoms with Crippen LogP contribution in [0.4, 0.5) is 0 Å². The summed E-state index contributed by atoms with van der Waals surface area (Å²) in [7, 11) is 0. The Labute approximate surface area is 78.5 Å². The first-order valence-corrected chi connectivity index (χ1v) is 4.85. The maximum absolute atomic E-state index is 5.44. The standard InChI is InChI=1S/C10H16N2O/c1-6-4-9(6)12-8(3)10-11-5-7(2)13-10/h5-6,8-9,12H,4H2,1-3H3/t6-,8?,9-/m1/s1. The van der Waals surface area contributed by atoms with E-state index in [4.69, 9.17) is 4.42 Å². The first-order valence-electron chi connectivity index (χ1n) is 4.85. The van der Waals surface area contributed by atoms with Gasteiger partial charge in [0.1, 0.15) is 5.76 Å². The van der Waals surface area contributed by atoms with Gasteiger partial charge in [0.15, 0.2) is 0 Å². The highest BCUT2D eigenvalue weighted by atomic mass is 16.4. The van der Waals surface area contributed by atoms with Crippen LogP contribution in [0.2, 0.25) is 0 Å². The van der Waals surface area contributed by atoms with E-state index in [0.717, 1.165) is 17.6 Å². The lowest BCUT2D eigenvalue weighted by molar-refractivity contribution is 0.398. The fourth-order valence-electron chi connectivity index (χ4n) is 1.52. The molecule has 1 aromatic rings. The van der Waals surface area contributed by atoms with E-state index in [9.17, 15) is 0 Å². The number of hydrogen-bond acceptors (Lipinski definition) is 3. The predicted molar refractivity (Wildman–Crippen MR) is 50.4 cm³/mol. The fourth-order valence-corrected chi connectivity index (χ4v) is 1.52. The molecular formula is C10H16N2O. The van der Waals surface area contributed by atoms with Crippen molar-refractivity contribution < 1.29 is 4.42 Å². The maximum Gasteiger partial charge on any atom is 0.211 e. The zero-order valence-electron chi connectivity index (χ0n) is 8.37. The second-order valence-electron chi connectivity index (χ2n) is 4.02. The van der Waals surface area contributed by atoms with Crippen molar-refractivity contribution in [2.45, 2.75) is 39.3 Å². The highest BCUT2D eigenvalue weighted by Crippen LogP contribution is 2.31. The van der Waals surface area contributed by atoms with Crippen LogP contribution in [0.5, 0.6) is 0 Å². The highest BCUT2D eigenvalue weighted by Gasteiger charge is 2.34. The zero-order valence-corrected chi connectivity index (χ0v) is 8.37. The molecule has 13 heavy (non-hydrogen) atoms. The summed E-state index contributed by atoms with van der Waals surface area (Å²) in [6.07, 6.45) is 3.05. The third-order valence-corrected chi connectivity index (χ3v) is 2.58. The fraction of sp³-hybridized carbons (Fsp3) is 0.700. The lowest BCUT2D eigenvalue weighted by Gasteiger charge is -2.08. The molecule has 0 saturated heterocycles. The average molecular weight is 180 g/mol. The molecule has 0 radical (unpaired) electrons. The molecule has 3 nitrogen and oxygen atoms in total. The van der Waals surface area contributed by atoms with Crippen molar-refractivity contribution in [3.8, 4) is 0 Å². The minimum absolute atomic E-state index is 0.239. The summed E-state index contributed by atoms with van der Waals surface area (Å²) in [5.41, 5.74) is 0. The first-order chi connectivity index (χ1) is 6.16. The molecule has 1 heterocycles. The van der Waals surface area contributed by atoms with Crippen molar-refractivity contribution in [2.75, 3.05) is 0 Å². The van der Waals surface area contributed by atoms with Gasteiger partial charge < -0.3 is 9.73 Å². The van der Waals surface area contributed by atoms with Gasteiger partial charge in [0.25, 0.3) is 0 Å². The van der Waals surface area contributed by atoms with E-state index in [1.165, 1.54) is 6.42 Å². The Morgan fingerprint density at radius 3 is 2.85 bits per heavy atom. The number of aryl methyl sites for hydroxylation is 1. The van der Waals surface area contributed by atoms with Gasteiger partial charge in [-0.05, 0) is 26.2 Å². The normalized spacial score (nSPS) is 28.8. The van der Waals surface area contributed by atoms with Crippen molar-refractivity contribution in [1.82, 2.24) is 10.3 Å². The van der Waals surface area contributed by atoms with Gasteiger partial charge in [-0.25, -0.2) is 4.98 Å². The molecule has 1 saturated carbocycles. The second-order valence-corrected chi connectivity index (χ2v) is 4.02. The predicted octanol–water partition coefficient (Wildman–Crippen LogP) is 2.04. The minimum Gasteiger partial charge on any atom is -0.444 e. The number of nitrogens with zero attached hydrogens (tertiary/aromatic N) is 1. The van der Waals surface area contributed by atoms with Crippen LogP contribution in [-0.4, -0.2) is 11.0 Å². The molecule has 72 valence electrons. The van der Waals surface area contributed by atoms with Gasteiger partial charge in [-0.1, -0.05) is 6.92 Å². The molecule has 1 aliphatic carbocycles. The summed E-state index contributed by atoms with van der Waals surface area (Å²) >= 11 is 0. The molecule has 3 atom stereocenters. The molecule has 3 heteroatoms. The van der Waals surface area contributed by atoms with Crippen LogP contribution in [0.3, 0.4) is 0 Å². The van der Waals surface area contributed by atoms with Crippen LogP contribution in [0.15, 0.2) is 10.6 Å². The highest BCUT2D eigenvalue weighted by molar-refractivity contribution is 4.99. The Kier molecular flexibility index (Phi) is 2.12. The molecule has 1 N–H and O–H groups in total. The maximum atomic E-state index is 5.44. The average Bonchev–Trinajstić information content (AvgIpc) is 2.62. The van der Waals surface area contributed by atoms with Gasteiger partial charge in [-0.3, -0.25) is 0 Å². The van der Waals surface area contributed by atoms with Crippen molar-refractivity contribution in [3.05, 3.63) is 17.8 Å². The van der Waals surface area contributed by atoms with Crippen LogP contribution in [-0.2, 0) is 0 Å². The first kappa shape index (κ1) is 8.75. The van der Waals surface area contributed by atoms with Crippen molar-refractivity contribution >= 4 is 0 Å². The quantitative estimate of drug-likeness (QED) is 0.773. The number of oxazole rings is 1. The summed E-state index contributed by atoms with van der Waals surface area (Å²) < 4.78 is 5.44. The number of nitrogens with one attached hydrogen (secondary N) is 1.